The number of pyridine rings is 1. The third-order valence-corrected chi connectivity index (χ3v) is 3.33. The molecule has 0 saturated heterocycles. The van der Waals surface area contributed by atoms with E-state index in [1.54, 1.807) is 18.3 Å². The van der Waals surface area contributed by atoms with Crippen molar-refractivity contribution in [3.63, 3.8) is 0 Å². The SMILES string of the molecule is COc1ncccc1-c1cc(C(F)(F)F)cc2c1C=NC2. The first kappa shape index (κ1) is 13.6. The van der Waals surface area contributed by atoms with E-state index in [-0.39, 0.29) is 6.54 Å². The average Bonchev–Trinajstić information content (AvgIpc) is 2.93. The van der Waals surface area contributed by atoms with Crippen LogP contribution in [0.5, 0.6) is 5.88 Å². The van der Waals surface area contributed by atoms with Crippen LogP contribution in [0.4, 0.5) is 13.2 Å². The van der Waals surface area contributed by atoms with Crippen molar-refractivity contribution in [3.8, 4) is 17.0 Å². The number of hydrogen-bond donors (Lipinski definition) is 0. The van der Waals surface area contributed by atoms with Crippen molar-refractivity contribution in [1.82, 2.24) is 4.98 Å². The normalized spacial score (nSPS) is 13.3. The van der Waals surface area contributed by atoms with E-state index in [4.69, 9.17) is 4.74 Å². The van der Waals surface area contributed by atoms with Gasteiger partial charge in [-0.1, -0.05) is 0 Å². The summed E-state index contributed by atoms with van der Waals surface area (Å²) in [4.78, 5) is 8.11. The highest BCUT2D eigenvalue weighted by Gasteiger charge is 2.33. The fourth-order valence-electron chi connectivity index (χ4n) is 2.38. The average molecular weight is 292 g/mol. The van der Waals surface area contributed by atoms with Gasteiger partial charge in [-0.25, -0.2) is 4.98 Å². The molecule has 2 heterocycles. The molecule has 0 saturated carbocycles. The summed E-state index contributed by atoms with van der Waals surface area (Å²) >= 11 is 0. The Morgan fingerprint density at radius 2 is 2.00 bits per heavy atom. The van der Waals surface area contributed by atoms with E-state index in [1.165, 1.54) is 13.3 Å². The van der Waals surface area contributed by atoms with Gasteiger partial charge >= 0.3 is 6.18 Å². The molecule has 0 atom stereocenters. The highest BCUT2D eigenvalue weighted by molar-refractivity contribution is 5.95. The maximum Gasteiger partial charge on any atom is 0.416 e. The summed E-state index contributed by atoms with van der Waals surface area (Å²) in [5.41, 5.74) is 1.52. The number of aromatic nitrogens is 1. The van der Waals surface area contributed by atoms with Gasteiger partial charge in [0.05, 0.1) is 19.2 Å². The number of methoxy groups -OCH3 is 1. The maximum absolute atomic E-state index is 13.0. The van der Waals surface area contributed by atoms with E-state index in [2.05, 4.69) is 9.98 Å². The van der Waals surface area contributed by atoms with Crippen LogP contribution in [0.15, 0.2) is 35.5 Å². The molecule has 1 aliphatic rings. The number of aliphatic imine (C=N–C) groups is 1. The van der Waals surface area contributed by atoms with Crippen LogP contribution in [0.25, 0.3) is 11.1 Å². The van der Waals surface area contributed by atoms with Crippen molar-refractivity contribution in [2.45, 2.75) is 12.7 Å². The first-order valence-electron chi connectivity index (χ1n) is 6.24. The Hall–Kier alpha value is -2.37. The lowest BCUT2D eigenvalue weighted by Crippen LogP contribution is -2.07. The Labute approximate surface area is 119 Å². The first-order chi connectivity index (χ1) is 10.0. The first-order valence-corrected chi connectivity index (χ1v) is 6.24. The number of benzene rings is 1. The highest BCUT2D eigenvalue weighted by Crippen LogP contribution is 2.39. The number of ether oxygens (including phenoxy) is 1. The van der Waals surface area contributed by atoms with Gasteiger partial charge in [0.15, 0.2) is 0 Å². The molecule has 3 nitrogen and oxygen atoms in total. The molecule has 1 aromatic heterocycles. The van der Waals surface area contributed by atoms with Gasteiger partial charge in [-0.2, -0.15) is 13.2 Å². The van der Waals surface area contributed by atoms with Gasteiger partial charge in [-0.15, -0.1) is 0 Å². The van der Waals surface area contributed by atoms with Gasteiger partial charge < -0.3 is 4.74 Å². The smallest absolute Gasteiger partial charge is 0.416 e. The van der Waals surface area contributed by atoms with E-state index in [0.29, 0.717) is 28.1 Å². The number of alkyl halides is 3. The predicted octanol–water partition coefficient (Wildman–Crippen LogP) is 3.71. The minimum absolute atomic E-state index is 0.259. The summed E-state index contributed by atoms with van der Waals surface area (Å²) in [5, 5.41) is 0. The van der Waals surface area contributed by atoms with E-state index < -0.39 is 11.7 Å². The molecule has 0 unspecified atom stereocenters. The Bertz CT molecular complexity index is 723. The summed E-state index contributed by atoms with van der Waals surface area (Å²) in [5.74, 6) is 0.291. The summed E-state index contributed by atoms with van der Waals surface area (Å²) in [6, 6.07) is 5.62. The molecule has 3 rings (SSSR count). The third kappa shape index (κ3) is 2.37. The van der Waals surface area contributed by atoms with Gasteiger partial charge in [-0.05, 0) is 35.4 Å². The van der Waals surface area contributed by atoms with Crippen molar-refractivity contribution in [3.05, 3.63) is 47.2 Å². The number of halogens is 3. The van der Waals surface area contributed by atoms with Crippen molar-refractivity contribution in [1.29, 1.82) is 0 Å². The number of rotatable bonds is 2. The van der Waals surface area contributed by atoms with Gasteiger partial charge in [0.25, 0.3) is 0 Å². The van der Waals surface area contributed by atoms with E-state index >= 15 is 0 Å². The van der Waals surface area contributed by atoms with Gasteiger partial charge in [-0.3, -0.25) is 4.99 Å². The molecule has 0 fully saturated rings. The lowest BCUT2D eigenvalue weighted by atomic mass is 9.94. The second-order valence-corrected chi connectivity index (χ2v) is 4.62. The van der Waals surface area contributed by atoms with Crippen LogP contribution >= 0.6 is 0 Å². The van der Waals surface area contributed by atoms with Crippen LogP contribution in [0.1, 0.15) is 16.7 Å². The Morgan fingerprint density at radius 3 is 2.71 bits per heavy atom. The summed E-state index contributed by atoms with van der Waals surface area (Å²) in [6.45, 7) is 0.259. The summed E-state index contributed by atoms with van der Waals surface area (Å²) < 4.78 is 44.3. The minimum Gasteiger partial charge on any atom is -0.481 e. The Morgan fingerprint density at radius 1 is 1.19 bits per heavy atom. The fraction of sp³-hybridized carbons (Fsp3) is 0.200. The molecule has 21 heavy (non-hydrogen) atoms. The highest BCUT2D eigenvalue weighted by atomic mass is 19.4. The van der Waals surface area contributed by atoms with Crippen molar-refractivity contribution >= 4 is 6.21 Å². The second-order valence-electron chi connectivity index (χ2n) is 4.62. The van der Waals surface area contributed by atoms with Crippen molar-refractivity contribution in [2.24, 2.45) is 4.99 Å². The van der Waals surface area contributed by atoms with Crippen LogP contribution in [0.2, 0.25) is 0 Å². The topological polar surface area (TPSA) is 34.5 Å². The zero-order valence-corrected chi connectivity index (χ0v) is 11.1. The van der Waals surface area contributed by atoms with Crippen LogP contribution in [0.3, 0.4) is 0 Å². The molecule has 0 spiro atoms. The monoisotopic (exact) mass is 292 g/mol. The number of hydrogen-bond acceptors (Lipinski definition) is 3. The molecular formula is C15H11F3N2O. The van der Waals surface area contributed by atoms with Gasteiger partial charge in [0, 0.05) is 23.5 Å². The largest absolute Gasteiger partial charge is 0.481 e. The summed E-state index contributed by atoms with van der Waals surface area (Å²) in [7, 11) is 1.44. The van der Waals surface area contributed by atoms with E-state index in [1.807, 2.05) is 0 Å². The lowest BCUT2D eigenvalue weighted by molar-refractivity contribution is -0.137. The third-order valence-electron chi connectivity index (χ3n) is 3.33. The number of fused-ring (bicyclic) bond motifs is 1. The van der Waals surface area contributed by atoms with Gasteiger partial charge in [0.2, 0.25) is 5.88 Å². The Kier molecular flexibility index (Phi) is 3.16. The molecule has 1 aliphatic heterocycles. The molecule has 0 amide bonds. The van der Waals surface area contributed by atoms with E-state index in [9.17, 15) is 13.2 Å². The number of nitrogens with zero attached hydrogens (tertiary/aromatic N) is 2. The zero-order chi connectivity index (χ0) is 15.0. The summed E-state index contributed by atoms with van der Waals surface area (Å²) in [6.07, 6.45) is -1.27. The van der Waals surface area contributed by atoms with Crippen LogP contribution in [0, 0.1) is 0 Å². The molecule has 0 N–H and O–H groups in total. The Balaban J connectivity index is 2.26. The standard InChI is InChI=1S/C15H11F3N2O/c1-21-14-11(3-2-4-20-14)12-6-10(15(16,17)18)5-9-7-19-8-13(9)12/h2-6,8H,7H2,1H3. The van der Waals surface area contributed by atoms with Crippen LogP contribution in [-0.2, 0) is 12.7 Å². The zero-order valence-electron chi connectivity index (χ0n) is 11.1. The molecule has 0 bridgehead atoms. The maximum atomic E-state index is 13.0. The fourth-order valence-corrected chi connectivity index (χ4v) is 2.38. The molecule has 0 aliphatic carbocycles. The van der Waals surface area contributed by atoms with Gasteiger partial charge in [0.1, 0.15) is 0 Å². The lowest BCUT2D eigenvalue weighted by Gasteiger charge is -2.14. The quantitative estimate of drug-likeness (QED) is 0.845. The van der Waals surface area contributed by atoms with Crippen LogP contribution in [-0.4, -0.2) is 18.3 Å². The molecule has 0 radical (unpaired) electrons. The molecule has 6 heteroatoms. The minimum atomic E-state index is -4.40. The van der Waals surface area contributed by atoms with E-state index in [0.717, 1.165) is 12.1 Å². The van der Waals surface area contributed by atoms with Crippen LogP contribution < -0.4 is 4.74 Å². The molecule has 1 aromatic carbocycles. The molecular weight excluding hydrogens is 281 g/mol. The molecule has 2 aromatic rings. The second kappa shape index (κ2) is 4.87. The predicted molar refractivity (Wildman–Crippen MR) is 72.5 cm³/mol. The van der Waals surface area contributed by atoms with Crippen molar-refractivity contribution in [2.75, 3.05) is 7.11 Å². The van der Waals surface area contributed by atoms with Crippen molar-refractivity contribution < 1.29 is 17.9 Å². The molecule has 108 valence electrons.